The summed E-state index contributed by atoms with van der Waals surface area (Å²) in [6.07, 6.45) is 0. The number of rotatable bonds is 9. The Morgan fingerprint density at radius 1 is 0.610 bits per heavy atom. The largest absolute Gasteiger partial charge is 0.524 e. The minimum absolute atomic E-state index is 0.104. The summed E-state index contributed by atoms with van der Waals surface area (Å²) in [6, 6.07) is 16.6. The molecule has 226 valence electrons. The Bertz CT molecular complexity index is 1430. The summed E-state index contributed by atoms with van der Waals surface area (Å²) in [5.74, 6) is 1.09. The summed E-state index contributed by atoms with van der Waals surface area (Å²) in [5, 5.41) is 0. The van der Waals surface area contributed by atoms with Gasteiger partial charge in [-0.25, -0.2) is 0 Å². The van der Waals surface area contributed by atoms with Gasteiger partial charge in [0.15, 0.2) is 11.5 Å². The van der Waals surface area contributed by atoms with Crippen molar-refractivity contribution in [2.24, 2.45) is 0 Å². The molecule has 0 aliphatic heterocycles. The molecule has 0 saturated heterocycles. The van der Waals surface area contributed by atoms with Crippen molar-refractivity contribution in [1.29, 1.82) is 0 Å². The Labute approximate surface area is 241 Å². The van der Waals surface area contributed by atoms with Crippen LogP contribution in [0.3, 0.4) is 0 Å². The Balaban J connectivity index is 2.52. The van der Waals surface area contributed by atoms with Gasteiger partial charge in [-0.1, -0.05) is 12.1 Å². The van der Waals surface area contributed by atoms with E-state index in [0.717, 1.165) is 0 Å². The summed E-state index contributed by atoms with van der Waals surface area (Å²) in [7, 11) is -7.04. The molecular formula is C29H35F3O7S2. The van der Waals surface area contributed by atoms with Crippen LogP contribution in [0, 0.1) is 0 Å². The highest BCUT2D eigenvalue weighted by Crippen LogP contribution is 2.72. The lowest BCUT2D eigenvalue weighted by Gasteiger charge is -2.40. The Morgan fingerprint density at radius 2 is 1.05 bits per heavy atom. The van der Waals surface area contributed by atoms with E-state index in [4.69, 9.17) is 22.6 Å². The van der Waals surface area contributed by atoms with Gasteiger partial charge in [0.2, 0.25) is 0 Å². The third kappa shape index (κ3) is 7.60. The van der Waals surface area contributed by atoms with Gasteiger partial charge < -0.3 is 18.9 Å². The minimum Gasteiger partial charge on any atom is -0.497 e. The maximum atomic E-state index is 14.0. The van der Waals surface area contributed by atoms with Crippen LogP contribution >= 0.6 is 10.3 Å². The molecule has 0 saturated carbocycles. The highest BCUT2D eigenvalue weighted by atomic mass is 32.3. The standard InChI is InChI=1S/C29H35F3O7S2/c1-27(2,3)37-25-16-15-24(19-26(25)38-28(4,5)6)40(39-41(33,34)29(30,31)32,22-13-9-11-20(17-22)35-7)23-14-10-12-21(18-23)36-8/h9-19H,1-8H3. The van der Waals surface area contributed by atoms with E-state index in [9.17, 15) is 21.6 Å². The molecule has 0 unspecified atom stereocenters. The predicted molar refractivity (Wildman–Crippen MR) is 152 cm³/mol. The maximum absolute atomic E-state index is 14.0. The molecule has 0 fully saturated rings. The van der Waals surface area contributed by atoms with Crippen LogP contribution in [-0.2, 0) is 13.7 Å². The van der Waals surface area contributed by atoms with Crippen molar-refractivity contribution in [3.05, 3.63) is 66.7 Å². The lowest BCUT2D eigenvalue weighted by molar-refractivity contribution is -0.0496. The normalized spacial score (nSPS) is 13.4. The van der Waals surface area contributed by atoms with Crippen LogP contribution < -0.4 is 18.9 Å². The topological polar surface area (TPSA) is 80.3 Å². The van der Waals surface area contributed by atoms with Gasteiger partial charge in [-0.05, 0) is 106 Å². The Kier molecular flexibility index (Phi) is 9.22. The zero-order valence-electron chi connectivity index (χ0n) is 24.2. The second-order valence-electron chi connectivity index (χ2n) is 10.9. The van der Waals surface area contributed by atoms with E-state index in [1.54, 1.807) is 45.0 Å². The zero-order chi connectivity index (χ0) is 30.9. The van der Waals surface area contributed by atoms with Crippen molar-refractivity contribution in [3.8, 4) is 23.0 Å². The average molecular weight is 617 g/mol. The van der Waals surface area contributed by atoms with E-state index in [1.807, 2.05) is 20.8 Å². The van der Waals surface area contributed by atoms with Crippen LogP contribution in [0.5, 0.6) is 23.0 Å². The molecule has 0 radical (unpaired) electrons. The second-order valence-corrected chi connectivity index (χ2v) is 15.4. The fourth-order valence-electron chi connectivity index (χ4n) is 3.75. The molecule has 3 aromatic carbocycles. The second kappa shape index (κ2) is 11.7. The van der Waals surface area contributed by atoms with Crippen LogP contribution in [0.25, 0.3) is 0 Å². The smallest absolute Gasteiger partial charge is 0.497 e. The van der Waals surface area contributed by atoms with Gasteiger partial charge in [-0.15, -0.1) is 0 Å². The fraction of sp³-hybridized carbons (Fsp3) is 0.379. The first-order chi connectivity index (χ1) is 18.8. The predicted octanol–water partition coefficient (Wildman–Crippen LogP) is 8.12. The summed E-state index contributed by atoms with van der Waals surface area (Å²) in [4.78, 5) is 0.362. The van der Waals surface area contributed by atoms with Crippen LogP contribution in [0.15, 0.2) is 81.4 Å². The molecule has 3 aromatic rings. The lowest BCUT2D eigenvalue weighted by Crippen LogP contribution is -2.28. The molecule has 0 heterocycles. The van der Waals surface area contributed by atoms with Gasteiger partial charge in [0.1, 0.15) is 22.7 Å². The monoisotopic (exact) mass is 616 g/mol. The number of benzene rings is 3. The molecular weight excluding hydrogens is 581 g/mol. The van der Waals surface area contributed by atoms with Crippen molar-refractivity contribution in [2.45, 2.75) is 72.9 Å². The fourth-order valence-corrected chi connectivity index (χ4v) is 8.53. The molecule has 0 aliphatic carbocycles. The first-order valence-corrected chi connectivity index (χ1v) is 15.4. The third-order valence-electron chi connectivity index (χ3n) is 5.30. The van der Waals surface area contributed by atoms with E-state index in [2.05, 4.69) is 0 Å². The highest BCUT2D eigenvalue weighted by Gasteiger charge is 2.53. The van der Waals surface area contributed by atoms with Crippen LogP contribution in [-0.4, -0.2) is 39.3 Å². The van der Waals surface area contributed by atoms with Crippen molar-refractivity contribution >= 4 is 20.4 Å². The van der Waals surface area contributed by atoms with E-state index in [0.29, 0.717) is 5.75 Å². The van der Waals surface area contributed by atoms with E-state index >= 15 is 0 Å². The molecule has 12 heteroatoms. The molecule has 0 N–H and O–H groups in total. The summed E-state index contributed by atoms with van der Waals surface area (Å²) >= 11 is 0. The summed E-state index contributed by atoms with van der Waals surface area (Å²) in [5.41, 5.74) is -7.09. The van der Waals surface area contributed by atoms with Crippen molar-refractivity contribution < 1.29 is 44.2 Å². The third-order valence-corrected chi connectivity index (χ3v) is 10.2. The number of ether oxygens (including phenoxy) is 4. The van der Waals surface area contributed by atoms with Gasteiger partial charge in [-0.2, -0.15) is 25.2 Å². The quantitative estimate of drug-likeness (QED) is 0.225. The number of halogens is 3. The molecule has 0 atom stereocenters. The van der Waals surface area contributed by atoms with Crippen molar-refractivity contribution in [3.63, 3.8) is 0 Å². The average Bonchev–Trinajstić information content (AvgIpc) is 2.86. The molecule has 7 nitrogen and oxygen atoms in total. The molecule has 0 spiro atoms. The first kappa shape index (κ1) is 32.4. The van der Waals surface area contributed by atoms with Crippen LogP contribution in [0.2, 0.25) is 0 Å². The van der Waals surface area contributed by atoms with Gasteiger partial charge in [-0.3, -0.25) is 0 Å². The van der Waals surface area contributed by atoms with Crippen LogP contribution in [0.1, 0.15) is 41.5 Å². The number of hydrogen-bond acceptors (Lipinski definition) is 7. The molecule has 0 aliphatic rings. The van der Waals surface area contributed by atoms with Crippen molar-refractivity contribution in [2.75, 3.05) is 14.2 Å². The highest BCUT2D eigenvalue weighted by molar-refractivity contribution is 8.33. The lowest BCUT2D eigenvalue weighted by atomic mass is 10.1. The Hall–Kier alpha value is -3.09. The van der Waals surface area contributed by atoms with Gasteiger partial charge >= 0.3 is 15.6 Å². The van der Waals surface area contributed by atoms with E-state index in [-0.39, 0.29) is 31.9 Å². The van der Waals surface area contributed by atoms with Crippen molar-refractivity contribution in [1.82, 2.24) is 0 Å². The molecule has 0 bridgehead atoms. The molecule has 0 amide bonds. The number of methoxy groups -OCH3 is 2. The van der Waals surface area contributed by atoms with Gasteiger partial charge in [0.05, 0.1) is 14.2 Å². The Morgan fingerprint density at radius 3 is 1.46 bits per heavy atom. The first-order valence-electron chi connectivity index (χ1n) is 12.5. The SMILES string of the molecule is COc1cccc(S(OS(=O)(=O)C(F)(F)F)(c2cccc(OC)c2)c2ccc(OC(C)(C)C)c(OC(C)(C)C)c2)c1. The number of alkyl halides is 3. The van der Waals surface area contributed by atoms with Crippen LogP contribution in [0.4, 0.5) is 13.2 Å². The summed E-state index contributed by atoms with van der Waals surface area (Å²) < 4.78 is 95.9. The van der Waals surface area contributed by atoms with Gasteiger partial charge in [0, 0.05) is 14.7 Å². The van der Waals surface area contributed by atoms with E-state index < -0.39 is 37.1 Å². The zero-order valence-corrected chi connectivity index (χ0v) is 25.8. The molecule has 0 aromatic heterocycles. The minimum atomic E-state index is -6.14. The number of hydrogen-bond donors (Lipinski definition) is 0. The van der Waals surface area contributed by atoms with E-state index in [1.165, 1.54) is 56.7 Å². The maximum Gasteiger partial charge on any atom is 0.524 e. The van der Waals surface area contributed by atoms with Gasteiger partial charge in [0.25, 0.3) is 0 Å². The molecule has 3 rings (SSSR count). The summed E-state index contributed by atoms with van der Waals surface area (Å²) in [6.45, 7) is 10.9. The molecule has 41 heavy (non-hydrogen) atoms.